The van der Waals surface area contributed by atoms with Crippen LogP contribution in [-0.4, -0.2) is 50.0 Å². The van der Waals surface area contributed by atoms with Crippen LogP contribution in [0.15, 0.2) is 95.2 Å². The first-order chi connectivity index (χ1) is 14.6. The first kappa shape index (κ1) is 22.4. The Balaban J connectivity index is 0.00000272. The molecule has 0 bridgehead atoms. The van der Waals surface area contributed by atoms with Gasteiger partial charge in [0.2, 0.25) is 0 Å². The van der Waals surface area contributed by atoms with Gasteiger partial charge in [0.1, 0.15) is 11.5 Å². The van der Waals surface area contributed by atoms with Crippen LogP contribution < -0.4 is 0 Å². The van der Waals surface area contributed by atoms with E-state index in [9.17, 15) is 20.4 Å². The van der Waals surface area contributed by atoms with E-state index >= 15 is 0 Å². The topological polar surface area (TPSA) is 106 Å². The van der Waals surface area contributed by atoms with Gasteiger partial charge >= 0.3 is 0 Å². The Hall–Kier alpha value is -3.32. The molecule has 4 aromatic rings. The molecule has 4 aromatic carbocycles. The summed E-state index contributed by atoms with van der Waals surface area (Å²) in [4.78, 5) is 0. The SMILES string of the molecule is Oc1cccc(O)c1N=Nc1c(O)c(-c2ccccc2)cc(-c2ccccc2)c1O.[Na]. The minimum absolute atomic E-state index is 0. The molecule has 0 aliphatic rings. The fourth-order valence-electron chi connectivity index (χ4n) is 3.14. The van der Waals surface area contributed by atoms with Gasteiger partial charge in [0.05, 0.1) is 0 Å². The molecule has 0 amide bonds. The summed E-state index contributed by atoms with van der Waals surface area (Å²) in [6.07, 6.45) is 0. The van der Waals surface area contributed by atoms with Gasteiger partial charge in [-0.15, -0.1) is 10.2 Å². The van der Waals surface area contributed by atoms with Crippen LogP contribution in [0.1, 0.15) is 0 Å². The summed E-state index contributed by atoms with van der Waals surface area (Å²) in [5.41, 5.74) is 2.05. The first-order valence-electron chi connectivity index (χ1n) is 9.18. The number of benzene rings is 4. The Morgan fingerprint density at radius 1 is 0.484 bits per heavy atom. The zero-order chi connectivity index (χ0) is 21.1. The summed E-state index contributed by atoms with van der Waals surface area (Å²) in [5, 5.41) is 49.5. The van der Waals surface area contributed by atoms with E-state index in [4.69, 9.17) is 0 Å². The normalized spacial score (nSPS) is 10.7. The number of phenols is 4. The van der Waals surface area contributed by atoms with Crippen molar-refractivity contribution in [3.8, 4) is 45.3 Å². The molecule has 0 heterocycles. The number of rotatable bonds is 4. The van der Waals surface area contributed by atoms with Crippen LogP contribution in [0.5, 0.6) is 23.0 Å². The van der Waals surface area contributed by atoms with Crippen molar-refractivity contribution in [1.29, 1.82) is 0 Å². The molecule has 6 nitrogen and oxygen atoms in total. The fraction of sp³-hybridized carbons (Fsp3) is 0. The Bertz CT molecular complexity index is 1150. The maximum atomic E-state index is 10.9. The molecule has 0 saturated carbocycles. The third-order valence-corrected chi connectivity index (χ3v) is 4.66. The van der Waals surface area contributed by atoms with Crippen molar-refractivity contribution in [2.75, 3.05) is 0 Å². The van der Waals surface area contributed by atoms with E-state index in [0.717, 1.165) is 11.1 Å². The maximum Gasteiger partial charge on any atom is 0.170 e. The minimum Gasteiger partial charge on any atom is -0.505 e. The van der Waals surface area contributed by atoms with Crippen LogP contribution in [0.3, 0.4) is 0 Å². The Morgan fingerprint density at radius 3 is 1.35 bits per heavy atom. The molecule has 4 N–H and O–H groups in total. The van der Waals surface area contributed by atoms with Crippen molar-refractivity contribution < 1.29 is 20.4 Å². The number of hydrogen-bond donors (Lipinski definition) is 4. The largest absolute Gasteiger partial charge is 0.505 e. The summed E-state index contributed by atoms with van der Waals surface area (Å²) in [6, 6.07) is 24.2. The summed E-state index contributed by atoms with van der Waals surface area (Å²) in [5.74, 6) is -1.09. The van der Waals surface area contributed by atoms with Crippen molar-refractivity contribution in [3.63, 3.8) is 0 Å². The average Bonchev–Trinajstić information content (AvgIpc) is 2.77. The van der Waals surface area contributed by atoms with Gasteiger partial charge in [-0.05, 0) is 29.3 Å². The van der Waals surface area contributed by atoms with Crippen molar-refractivity contribution in [2.45, 2.75) is 0 Å². The molecule has 31 heavy (non-hydrogen) atoms. The molecule has 0 aliphatic carbocycles. The smallest absolute Gasteiger partial charge is 0.170 e. The predicted molar refractivity (Wildman–Crippen MR) is 120 cm³/mol. The molecular weight excluding hydrogens is 403 g/mol. The maximum absolute atomic E-state index is 10.9. The van der Waals surface area contributed by atoms with Gasteiger partial charge < -0.3 is 20.4 Å². The molecule has 0 fully saturated rings. The zero-order valence-corrected chi connectivity index (χ0v) is 18.8. The summed E-state index contributed by atoms with van der Waals surface area (Å²) < 4.78 is 0. The van der Waals surface area contributed by atoms with E-state index in [1.807, 2.05) is 60.7 Å². The molecule has 4 rings (SSSR count). The van der Waals surface area contributed by atoms with E-state index in [1.54, 1.807) is 6.07 Å². The second kappa shape index (κ2) is 9.66. The van der Waals surface area contributed by atoms with Crippen molar-refractivity contribution >= 4 is 40.9 Å². The quantitative estimate of drug-likeness (QED) is 0.244. The van der Waals surface area contributed by atoms with Crippen molar-refractivity contribution in [3.05, 3.63) is 84.9 Å². The van der Waals surface area contributed by atoms with E-state index in [0.29, 0.717) is 11.1 Å². The molecule has 1 radical (unpaired) electrons. The number of hydrogen-bond acceptors (Lipinski definition) is 6. The Labute approximate surface area is 201 Å². The minimum atomic E-state index is -0.278. The second-order valence-electron chi connectivity index (χ2n) is 6.59. The van der Waals surface area contributed by atoms with Crippen LogP contribution >= 0.6 is 0 Å². The van der Waals surface area contributed by atoms with Crippen LogP contribution in [0.25, 0.3) is 22.3 Å². The molecule has 0 aromatic heterocycles. The molecule has 0 atom stereocenters. The molecular formula is C24H18N2NaO4. The van der Waals surface area contributed by atoms with Gasteiger partial charge in [0.25, 0.3) is 0 Å². The average molecular weight is 421 g/mol. The van der Waals surface area contributed by atoms with Gasteiger partial charge in [-0.25, -0.2) is 0 Å². The summed E-state index contributed by atoms with van der Waals surface area (Å²) in [7, 11) is 0. The molecule has 0 unspecified atom stereocenters. The van der Waals surface area contributed by atoms with Crippen LogP contribution in [0.4, 0.5) is 11.4 Å². The fourth-order valence-corrected chi connectivity index (χ4v) is 3.14. The Morgan fingerprint density at radius 2 is 0.903 bits per heavy atom. The number of phenolic OH excluding ortho intramolecular Hbond substituents is 4. The third kappa shape index (κ3) is 4.56. The van der Waals surface area contributed by atoms with E-state index in [2.05, 4.69) is 10.2 Å². The number of nitrogens with zero attached hydrogens (tertiary/aromatic N) is 2. The van der Waals surface area contributed by atoms with Crippen molar-refractivity contribution in [2.24, 2.45) is 10.2 Å². The van der Waals surface area contributed by atoms with Crippen LogP contribution in [0.2, 0.25) is 0 Å². The van der Waals surface area contributed by atoms with E-state index < -0.39 is 0 Å². The molecule has 149 valence electrons. The monoisotopic (exact) mass is 421 g/mol. The second-order valence-corrected chi connectivity index (χ2v) is 6.59. The third-order valence-electron chi connectivity index (χ3n) is 4.66. The van der Waals surface area contributed by atoms with Crippen LogP contribution in [0, 0.1) is 0 Å². The Kier molecular flexibility index (Phi) is 6.97. The van der Waals surface area contributed by atoms with Gasteiger partial charge in [0, 0.05) is 40.7 Å². The van der Waals surface area contributed by atoms with Gasteiger partial charge in [-0.3, -0.25) is 0 Å². The molecule has 0 saturated heterocycles. The van der Waals surface area contributed by atoms with Crippen LogP contribution in [-0.2, 0) is 0 Å². The standard InChI is InChI=1S/C24H18N2O4.Na/c27-19-12-7-13-20(28)21(19)25-26-22-23(29)17(15-8-3-1-4-9-15)14-18(24(22)30)16-10-5-2-6-11-16;/h1-14,27-30H;. The zero-order valence-electron chi connectivity index (χ0n) is 16.8. The van der Waals surface area contributed by atoms with Gasteiger partial charge in [-0.1, -0.05) is 66.7 Å². The van der Waals surface area contributed by atoms with E-state index in [-0.39, 0.29) is 63.9 Å². The molecule has 7 heteroatoms. The molecule has 0 aliphatic heterocycles. The predicted octanol–water partition coefficient (Wildman–Crippen LogP) is 5.88. The van der Waals surface area contributed by atoms with Crippen molar-refractivity contribution in [1.82, 2.24) is 0 Å². The summed E-state index contributed by atoms with van der Waals surface area (Å²) >= 11 is 0. The van der Waals surface area contributed by atoms with E-state index in [1.165, 1.54) is 18.2 Å². The number of aromatic hydroxyl groups is 4. The summed E-state index contributed by atoms with van der Waals surface area (Å²) in [6.45, 7) is 0. The molecule has 0 spiro atoms. The van der Waals surface area contributed by atoms with Gasteiger partial charge in [-0.2, -0.15) is 0 Å². The first-order valence-corrected chi connectivity index (χ1v) is 9.18. The van der Waals surface area contributed by atoms with Gasteiger partial charge in [0.15, 0.2) is 22.9 Å². The number of azo groups is 1.